The monoisotopic (exact) mass is 280 g/mol. The van der Waals surface area contributed by atoms with Gasteiger partial charge in [0, 0.05) is 31.3 Å². The Morgan fingerprint density at radius 3 is 2.85 bits per heavy atom. The molecule has 6 nitrogen and oxygen atoms in total. The van der Waals surface area contributed by atoms with Gasteiger partial charge in [-0.1, -0.05) is 0 Å². The van der Waals surface area contributed by atoms with Crippen molar-refractivity contribution in [2.45, 2.75) is 45.2 Å². The summed E-state index contributed by atoms with van der Waals surface area (Å²) >= 11 is 0. The van der Waals surface area contributed by atoms with Gasteiger partial charge >= 0.3 is 0 Å². The number of methoxy groups -OCH3 is 1. The molecule has 0 aromatic carbocycles. The van der Waals surface area contributed by atoms with Crippen molar-refractivity contribution in [2.24, 2.45) is 5.73 Å². The normalized spacial score (nSPS) is 23.4. The molecule has 1 aliphatic rings. The number of hydrogen-bond donors (Lipinski definition) is 2. The Hall–Kier alpha value is -1.40. The summed E-state index contributed by atoms with van der Waals surface area (Å²) in [7, 11) is 1.67. The summed E-state index contributed by atoms with van der Waals surface area (Å²) < 4.78 is 5.37. The number of carbonyl (C=O) groups excluding carboxylic acids is 1. The number of H-pyrrole nitrogens is 1. The van der Waals surface area contributed by atoms with Crippen LogP contribution in [-0.2, 0) is 16.1 Å². The second-order valence-corrected chi connectivity index (χ2v) is 5.74. The number of rotatable bonds is 6. The van der Waals surface area contributed by atoms with Gasteiger partial charge in [-0.25, -0.2) is 0 Å². The summed E-state index contributed by atoms with van der Waals surface area (Å²) in [5, 5.41) is 7.25. The van der Waals surface area contributed by atoms with Gasteiger partial charge in [-0.15, -0.1) is 0 Å². The maximum Gasteiger partial charge on any atom is 0.219 e. The third-order valence-corrected chi connectivity index (χ3v) is 4.29. The van der Waals surface area contributed by atoms with Gasteiger partial charge < -0.3 is 10.5 Å². The quantitative estimate of drug-likeness (QED) is 0.810. The fourth-order valence-corrected chi connectivity index (χ4v) is 3.25. The molecule has 0 bridgehead atoms. The third kappa shape index (κ3) is 2.86. The predicted octanol–water partition coefficient (Wildman–Crippen LogP) is 0.883. The largest absolute Gasteiger partial charge is 0.383 e. The zero-order chi connectivity index (χ0) is 14.8. The van der Waals surface area contributed by atoms with E-state index in [-0.39, 0.29) is 11.4 Å². The highest BCUT2D eigenvalue weighted by Crippen LogP contribution is 2.34. The van der Waals surface area contributed by atoms with E-state index in [2.05, 4.69) is 15.1 Å². The van der Waals surface area contributed by atoms with Gasteiger partial charge in [0.1, 0.15) is 0 Å². The SMILES string of the molecule is COC[C@@]1(CC(N)=O)CCCN1Cc1c(C)n[nH]c1C. The number of nitrogens with one attached hydrogen (secondary N) is 1. The molecular weight excluding hydrogens is 256 g/mol. The standard InChI is InChI=1S/C14H24N4O2/c1-10-12(11(2)17-16-10)8-18-6-4-5-14(18,9-20-3)7-13(15)19/h4-9H2,1-3H3,(H2,15,19)(H,16,17)/t14-/m0/s1. The smallest absolute Gasteiger partial charge is 0.219 e. The van der Waals surface area contributed by atoms with Gasteiger partial charge in [0.15, 0.2) is 0 Å². The van der Waals surface area contributed by atoms with Crippen molar-refractivity contribution in [3.05, 3.63) is 17.0 Å². The zero-order valence-electron chi connectivity index (χ0n) is 12.5. The molecule has 2 heterocycles. The molecule has 3 N–H and O–H groups in total. The molecule has 1 aliphatic heterocycles. The Labute approximate surface area is 119 Å². The van der Waals surface area contributed by atoms with Crippen molar-refractivity contribution in [2.75, 3.05) is 20.3 Å². The van der Waals surface area contributed by atoms with Crippen LogP contribution in [0.5, 0.6) is 0 Å². The van der Waals surface area contributed by atoms with Crippen LogP contribution in [0.25, 0.3) is 0 Å². The van der Waals surface area contributed by atoms with E-state index >= 15 is 0 Å². The summed E-state index contributed by atoms with van der Waals surface area (Å²) in [6, 6.07) is 0. The first-order chi connectivity index (χ1) is 9.48. The first kappa shape index (κ1) is 15.0. The number of aromatic amines is 1. The second-order valence-electron chi connectivity index (χ2n) is 5.74. The molecule has 112 valence electrons. The van der Waals surface area contributed by atoms with Crippen LogP contribution in [0.15, 0.2) is 0 Å². The lowest BCUT2D eigenvalue weighted by Crippen LogP contribution is -2.49. The van der Waals surface area contributed by atoms with E-state index in [0.29, 0.717) is 13.0 Å². The Balaban J connectivity index is 2.22. The minimum absolute atomic E-state index is 0.267. The lowest BCUT2D eigenvalue weighted by atomic mass is 9.92. The highest BCUT2D eigenvalue weighted by Gasteiger charge is 2.42. The van der Waals surface area contributed by atoms with Crippen LogP contribution in [0.1, 0.15) is 36.2 Å². The number of likely N-dealkylation sites (tertiary alicyclic amines) is 1. The minimum atomic E-state index is -0.269. The van der Waals surface area contributed by atoms with E-state index in [4.69, 9.17) is 10.5 Å². The molecule has 0 radical (unpaired) electrons. The molecule has 0 unspecified atom stereocenters. The number of aryl methyl sites for hydroxylation is 2. The topological polar surface area (TPSA) is 84.2 Å². The maximum absolute atomic E-state index is 11.4. The molecule has 1 aromatic heterocycles. The van der Waals surface area contributed by atoms with Crippen molar-refractivity contribution in [3.8, 4) is 0 Å². The van der Waals surface area contributed by atoms with Gasteiger partial charge in [0.05, 0.1) is 17.8 Å². The fraction of sp³-hybridized carbons (Fsp3) is 0.714. The van der Waals surface area contributed by atoms with E-state index < -0.39 is 0 Å². The summed E-state index contributed by atoms with van der Waals surface area (Å²) in [4.78, 5) is 13.8. The zero-order valence-corrected chi connectivity index (χ0v) is 12.5. The molecule has 2 rings (SSSR count). The number of hydrogen-bond acceptors (Lipinski definition) is 4. The Bertz CT molecular complexity index is 466. The van der Waals surface area contributed by atoms with Crippen molar-refractivity contribution in [1.82, 2.24) is 15.1 Å². The van der Waals surface area contributed by atoms with Crippen molar-refractivity contribution >= 4 is 5.91 Å². The van der Waals surface area contributed by atoms with Crippen LogP contribution in [0, 0.1) is 13.8 Å². The van der Waals surface area contributed by atoms with Crippen LogP contribution in [0.4, 0.5) is 0 Å². The molecule has 0 saturated carbocycles. The number of ether oxygens (including phenoxy) is 1. The summed E-state index contributed by atoms with van der Waals surface area (Å²) in [6.45, 7) is 6.30. The Morgan fingerprint density at radius 2 is 2.30 bits per heavy atom. The molecule has 1 saturated heterocycles. The fourth-order valence-electron chi connectivity index (χ4n) is 3.25. The minimum Gasteiger partial charge on any atom is -0.383 e. The van der Waals surface area contributed by atoms with Gasteiger partial charge in [-0.05, 0) is 33.2 Å². The van der Waals surface area contributed by atoms with E-state index in [1.54, 1.807) is 7.11 Å². The molecule has 20 heavy (non-hydrogen) atoms. The van der Waals surface area contributed by atoms with Crippen molar-refractivity contribution < 1.29 is 9.53 Å². The number of amides is 1. The number of nitrogens with two attached hydrogens (primary N) is 1. The second kappa shape index (κ2) is 5.93. The van der Waals surface area contributed by atoms with E-state index in [0.717, 1.165) is 37.3 Å². The van der Waals surface area contributed by atoms with Crippen molar-refractivity contribution in [3.63, 3.8) is 0 Å². The van der Waals surface area contributed by atoms with Gasteiger partial charge in [-0.3, -0.25) is 14.8 Å². The van der Waals surface area contributed by atoms with Crippen LogP contribution >= 0.6 is 0 Å². The van der Waals surface area contributed by atoms with Crippen LogP contribution in [0.2, 0.25) is 0 Å². The Morgan fingerprint density at radius 1 is 1.55 bits per heavy atom. The molecular formula is C14H24N4O2. The first-order valence-electron chi connectivity index (χ1n) is 7.01. The molecule has 6 heteroatoms. The number of carbonyl (C=O) groups is 1. The average molecular weight is 280 g/mol. The van der Waals surface area contributed by atoms with E-state index in [1.165, 1.54) is 5.56 Å². The highest BCUT2D eigenvalue weighted by molar-refractivity contribution is 5.75. The highest BCUT2D eigenvalue weighted by atomic mass is 16.5. The van der Waals surface area contributed by atoms with Gasteiger partial charge in [-0.2, -0.15) is 5.10 Å². The molecule has 0 spiro atoms. The maximum atomic E-state index is 11.4. The van der Waals surface area contributed by atoms with E-state index in [9.17, 15) is 4.79 Å². The predicted molar refractivity (Wildman–Crippen MR) is 76.1 cm³/mol. The number of nitrogens with zero attached hydrogens (tertiary/aromatic N) is 2. The summed E-state index contributed by atoms with van der Waals surface area (Å²) in [5.41, 5.74) is 8.48. The number of primary amides is 1. The van der Waals surface area contributed by atoms with Gasteiger partial charge in [0.25, 0.3) is 0 Å². The number of aromatic nitrogens is 2. The molecule has 1 fully saturated rings. The lowest BCUT2D eigenvalue weighted by Gasteiger charge is -2.37. The van der Waals surface area contributed by atoms with E-state index in [1.807, 2.05) is 13.8 Å². The molecule has 1 amide bonds. The van der Waals surface area contributed by atoms with Crippen LogP contribution < -0.4 is 5.73 Å². The van der Waals surface area contributed by atoms with Gasteiger partial charge in [0.2, 0.25) is 5.91 Å². The molecule has 0 aliphatic carbocycles. The Kier molecular flexibility index (Phi) is 4.45. The lowest BCUT2D eigenvalue weighted by molar-refractivity contribution is -0.121. The van der Waals surface area contributed by atoms with Crippen molar-refractivity contribution in [1.29, 1.82) is 0 Å². The average Bonchev–Trinajstić information content (AvgIpc) is 2.88. The van der Waals surface area contributed by atoms with Crippen LogP contribution in [-0.4, -0.2) is 46.8 Å². The third-order valence-electron chi connectivity index (χ3n) is 4.29. The van der Waals surface area contributed by atoms with Crippen LogP contribution in [0.3, 0.4) is 0 Å². The molecule has 1 atom stereocenters. The molecule has 1 aromatic rings. The first-order valence-corrected chi connectivity index (χ1v) is 7.01. The summed E-state index contributed by atoms with van der Waals surface area (Å²) in [5.74, 6) is -0.269. The summed E-state index contributed by atoms with van der Waals surface area (Å²) in [6.07, 6.45) is 2.35.